The van der Waals surface area contributed by atoms with E-state index < -0.39 is 5.91 Å². The molecule has 2 heterocycles. The van der Waals surface area contributed by atoms with E-state index in [1.165, 1.54) is 16.2 Å². The number of primary amides is 1. The van der Waals surface area contributed by atoms with Gasteiger partial charge in [-0.25, -0.2) is 0 Å². The predicted octanol–water partition coefficient (Wildman–Crippen LogP) is 3.13. The Kier molecular flexibility index (Phi) is 5.97. The summed E-state index contributed by atoms with van der Waals surface area (Å²) in [5.41, 5.74) is 8.17. The fourth-order valence-corrected chi connectivity index (χ4v) is 5.88. The number of thiophene rings is 1. The number of rotatable bonds is 7. The van der Waals surface area contributed by atoms with Gasteiger partial charge in [-0.15, -0.1) is 11.3 Å². The van der Waals surface area contributed by atoms with Crippen molar-refractivity contribution in [1.82, 2.24) is 4.90 Å². The molecule has 1 aromatic carbocycles. The zero-order valence-corrected chi connectivity index (χ0v) is 18.1. The molecule has 1 aliphatic heterocycles. The van der Waals surface area contributed by atoms with E-state index in [2.05, 4.69) is 10.2 Å². The van der Waals surface area contributed by atoms with Crippen LogP contribution in [0.5, 0.6) is 11.5 Å². The van der Waals surface area contributed by atoms with Gasteiger partial charge in [0.15, 0.2) is 0 Å². The summed E-state index contributed by atoms with van der Waals surface area (Å²) in [5, 5.41) is 3.55. The maximum absolute atomic E-state index is 12.9. The highest BCUT2D eigenvalue weighted by atomic mass is 32.1. The number of anilines is 1. The Morgan fingerprint density at radius 2 is 2.07 bits per heavy atom. The Balaban J connectivity index is 1.49. The summed E-state index contributed by atoms with van der Waals surface area (Å²) in [5.74, 6) is 0.906. The van der Waals surface area contributed by atoms with Crippen LogP contribution in [0.4, 0.5) is 5.00 Å². The molecule has 2 amide bonds. The van der Waals surface area contributed by atoms with Gasteiger partial charge in [0.25, 0.3) is 5.91 Å². The molecule has 7 nitrogen and oxygen atoms in total. The molecule has 0 spiro atoms. The number of likely N-dealkylation sites (tertiary alicyclic amines) is 1. The van der Waals surface area contributed by atoms with E-state index in [4.69, 9.17) is 15.2 Å². The number of amides is 2. The number of fused-ring (bicyclic) bond motifs is 1. The number of nitrogens with zero attached hydrogens (tertiary/aromatic N) is 1. The molecule has 0 radical (unpaired) electrons. The van der Waals surface area contributed by atoms with Crippen LogP contribution in [0.1, 0.15) is 51.7 Å². The van der Waals surface area contributed by atoms with Crippen LogP contribution in [0, 0.1) is 0 Å². The molecule has 2 aromatic rings. The van der Waals surface area contributed by atoms with Crippen molar-refractivity contribution in [3.8, 4) is 11.5 Å². The molecule has 8 heteroatoms. The number of benzene rings is 1. The van der Waals surface area contributed by atoms with Gasteiger partial charge in [0, 0.05) is 22.5 Å². The number of aryl methyl sites for hydroxylation is 1. The normalized spacial score (nSPS) is 18.3. The van der Waals surface area contributed by atoms with Gasteiger partial charge < -0.3 is 20.5 Å². The highest BCUT2D eigenvalue weighted by molar-refractivity contribution is 7.17. The van der Waals surface area contributed by atoms with E-state index >= 15 is 0 Å². The third kappa shape index (κ3) is 3.89. The smallest absolute Gasteiger partial charge is 0.251 e. The monoisotopic (exact) mass is 429 g/mol. The second-order valence-electron chi connectivity index (χ2n) is 7.71. The summed E-state index contributed by atoms with van der Waals surface area (Å²) < 4.78 is 10.9. The number of hydrogen-bond acceptors (Lipinski definition) is 6. The third-order valence-electron chi connectivity index (χ3n) is 5.93. The Morgan fingerprint density at radius 1 is 1.23 bits per heavy atom. The molecular formula is C22H27N3O4S. The quantitative estimate of drug-likeness (QED) is 0.705. The molecule has 1 unspecified atom stereocenters. The lowest BCUT2D eigenvalue weighted by Gasteiger charge is -2.25. The SMILES string of the molecule is COc1ccc(C2CCCN2CC(=O)Nc2sc3c(c2C(N)=O)CCC3)c(OC)c1. The molecule has 4 rings (SSSR count). The van der Waals surface area contributed by atoms with Crippen molar-refractivity contribution in [2.24, 2.45) is 5.73 Å². The lowest BCUT2D eigenvalue weighted by atomic mass is 10.0. The van der Waals surface area contributed by atoms with Crippen molar-refractivity contribution in [2.45, 2.75) is 38.1 Å². The van der Waals surface area contributed by atoms with Crippen LogP contribution < -0.4 is 20.5 Å². The molecule has 2 aliphatic rings. The van der Waals surface area contributed by atoms with Crippen molar-refractivity contribution in [3.05, 3.63) is 39.8 Å². The van der Waals surface area contributed by atoms with Crippen LogP contribution in [0.3, 0.4) is 0 Å². The summed E-state index contributed by atoms with van der Waals surface area (Å²) in [6.07, 6.45) is 4.80. The van der Waals surface area contributed by atoms with E-state index in [1.54, 1.807) is 14.2 Å². The number of carbonyl (C=O) groups is 2. The first-order valence-electron chi connectivity index (χ1n) is 10.2. The maximum atomic E-state index is 12.9. The predicted molar refractivity (Wildman–Crippen MR) is 117 cm³/mol. The lowest BCUT2D eigenvalue weighted by molar-refractivity contribution is -0.117. The minimum Gasteiger partial charge on any atom is -0.497 e. The van der Waals surface area contributed by atoms with E-state index in [0.717, 1.165) is 61.3 Å². The molecule has 30 heavy (non-hydrogen) atoms. The van der Waals surface area contributed by atoms with Gasteiger partial charge in [0.05, 0.1) is 26.3 Å². The number of ether oxygens (including phenoxy) is 2. The van der Waals surface area contributed by atoms with Crippen molar-refractivity contribution in [3.63, 3.8) is 0 Å². The molecule has 1 aliphatic carbocycles. The van der Waals surface area contributed by atoms with Crippen molar-refractivity contribution in [1.29, 1.82) is 0 Å². The van der Waals surface area contributed by atoms with Gasteiger partial charge in [-0.1, -0.05) is 6.07 Å². The zero-order chi connectivity index (χ0) is 21.3. The van der Waals surface area contributed by atoms with Gasteiger partial charge >= 0.3 is 0 Å². The average Bonchev–Trinajstić information content (AvgIpc) is 3.43. The largest absolute Gasteiger partial charge is 0.497 e. The van der Waals surface area contributed by atoms with Crippen LogP contribution >= 0.6 is 11.3 Å². The Bertz CT molecular complexity index is 972. The first-order chi connectivity index (χ1) is 14.5. The first-order valence-corrected chi connectivity index (χ1v) is 11.0. The fourth-order valence-electron chi connectivity index (χ4n) is 4.56. The maximum Gasteiger partial charge on any atom is 0.251 e. The standard InChI is InChI=1S/C22H27N3O4S/c1-28-13-8-9-14(17(11-13)29-2)16-6-4-10-25(16)12-19(26)24-22-20(21(23)27)15-5-3-7-18(15)30-22/h8-9,11,16H,3-7,10,12H2,1-2H3,(H2,23,27)(H,24,26). The molecule has 1 fully saturated rings. The average molecular weight is 430 g/mol. The first kappa shape index (κ1) is 20.7. The number of methoxy groups -OCH3 is 2. The van der Waals surface area contributed by atoms with Gasteiger partial charge in [0.2, 0.25) is 5.91 Å². The summed E-state index contributed by atoms with van der Waals surface area (Å²) in [4.78, 5) is 28.1. The van der Waals surface area contributed by atoms with Crippen LogP contribution in [0.2, 0.25) is 0 Å². The Hall–Kier alpha value is -2.58. The number of hydrogen-bond donors (Lipinski definition) is 2. The fraction of sp³-hybridized carbons (Fsp3) is 0.455. The summed E-state index contributed by atoms with van der Waals surface area (Å²) in [6, 6.07) is 5.90. The molecule has 1 saturated heterocycles. The molecular weight excluding hydrogens is 402 g/mol. The molecule has 160 valence electrons. The van der Waals surface area contributed by atoms with Gasteiger partial charge in [-0.05, 0) is 50.3 Å². The summed E-state index contributed by atoms with van der Waals surface area (Å²) in [7, 11) is 3.27. The minimum absolute atomic E-state index is 0.0977. The van der Waals surface area contributed by atoms with Crippen molar-refractivity contribution >= 4 is 28.2 Å². The number of carbonyl (C=O) groups excluding carboxylic acids is 2. The van der Waals surface area contributed by atoms with Crippen LogP contribution in [-0.2, 0) is 17.6 Å². The van der Waals surface area contributed by atoms with Crippen molar-refractivity contribution < 1.29 is 19.1 Å². The van der Waals surface area contributed by atoms with E-state index in [0.29, 0.717) is 10.6 Å². The van der Waals surface area contributed by atoms with Crippen molar-refractivity contribution in [2.75, 3.05) is 32.6 Å². The molecule has 1 aromatic heterocycles. The van der Waals surface area contributed by atoms with Gasteiger partial charge in [-0.3, -0.25) is 14.5 Å². The number of nitrogens with two attached hydrogens (primary N) is 1. The highest BCUT2D eigenvalue weighted by Crippen LogP contribution is 2.40. The minimum atomic E-state index is -0.466. The second-order valence-corrected chi connectivity index (χ2v) is 8.82. The Labute approximate surface area is 180 Å². The third-order valence-corrected chi connectivity index (χ3v) is 7.14. The lowest BCUT2D eigenvalue weighted by Crippen LogP contribution is -2.33. The van der Waals surface area contributed by atoms with E-state index in [-0.39, 0.29) is 18.5 Å². The van der Waals surface area contributed by atoms with Gasteiger partial charge in [0.1, 0.15) is 16.5 Å². The summed E-state index contributed by atoms with van der Waals surface area (Å²) >= 11 is 1.49. The highest BCUT2D eigenvalue weighted by Gasteiger charge is 2.31. The molecule has 0 bridgehead atoms. The zero-order valence-electron chi connectivity index (χ0n) is 17.3. The molecule has 0 saturated carbocycles. The van der Waals surface area contributed by atoms with Crippen LogP contribution in [-0.4, -0.2) is 44.0 Å². The van der Waals surface area contributed by atoms with Gasteiger partial charge in [-0.2, -0.15) is 0 Å². The molecule has 3 N–H and O–H groups in total. The topological polar surface area (TPSA) is 93.9 Å². The van der Waals surface area contributed by atoms with Crippen LogP contribution in [0.15, 0.2) is 18.2 Å². The second kappa shape index (κ2) is 8.65. The number of nitrogens with one attached hydrogen (secondary N) is 1. The van der Waals surface area contributed by atoms with E-state index in [1.807, 2.05) is 18.2 Å². The summed E-state index contributed by atoms with van der Waals surface area (Å²) in [6.45, 7) is 1.08. The Morgan fingerprint density at radius 3 is 2.80 bits per heavy atom. The molecule has 1 atom stereocenters. The van der Waals surface area contributed by atoms with Crippen LogP contribution in [0.25, 0.3) is 0 Å². The van der Waals surface area contributed by atoms with E-state index in [9.17, 15) is 9.59 Å².